The van der Waals surface area contributed by atoms with Gasteiger partial charge < -0.3 is 10.4 Å². The first-order valence-corrected chi connectivity index (χ1v) is 7.64. The van der Waals surface area contributed by atoms with E-state index in [1.807, 2.05) is 31.2 Å². The van der Waals surface area contributed by atoms with Crippen LogP contribution < -0.4 is 5.84 Å². The number of alkyl halides is 3. The van der Waals surface area contributed by atoms with Gasteiger partial charge in [-0.1, -0.05) is 41.2 Å². The van der Waals surface area contributed by atoms with Crippen molar-refractivity contribution in [3.05, 3.63) is 41.5 Å². The van der Waals surface area contributed by atoms with Crippen LogP contribution in [0.4, 0.5) is 13.2 Å². The lowest BCUT2D eigenvalue weighted by atomic mass is 10.1. The second-order valence-corrected chi connectivity index (χ2v) is 5.73. The van der Waals surface area contributed by atoms with Gasteiger partial charge >= 0.3 is 6.18 Å². The molecule has 0 amide bonds. The van der Waals surface area contributed by atoms with Gasteiger partial charge in [-0.25, -0.2) is 4.68 Å². The summed E-state index contributed by atoms with van der Waals surface area (Å²) in [4.78, 5) is 4.22. The third kappa shape index (κ3) is 3.20. The Balaban J connectivity index is 1.73. The number of nitrogen functional groups attached to an aromatic ring is 1. The molecule has 2 heterocycles. The van der Waals surface area contributed by atoms with E-state index in [9.17, 15) is 13.2 Å². The monoisotopic (exact) mass is 356 g/mol. The molecule has 0 spiro atoms. The molecule has 2 N–H and O–H groups in total. The van der Waals surface area contributed by atoms with Crippen LogP contribution in [0.25, 0.3) is 11.4 Å². The molecule has 3 rings (SSSR count). The number of hydrogen-bond donors (Lipinski definition) is 1. The molecule has 0 atom stereocenters. The molecule has 2 aromatic heterocycles. The second kappa shape index (κ2) is 6.15. The van der Waals surface area contributed by atoms with Crippen molar-refractivity contribution >= 4 is 11.8 Å². The minimum Gasteiger partial charge on any atom is -0.338 e. The molecule has 0 saturated heterocycles. The number of aromatic nitrogens is 5. The van der Waals surface area contributed by atoms with Crippen molar-refractivity contribution in [3.63, 3.8) is 0 Å². The van der Waals surface area contributed by atoms with Crippen molar-refractivity contribution in [2.24, 2.45) is 0 Å². The minimum atomic E-state index is -4.66. The Morgan fingerprint density at radius 2 is 2.00 bits per heavy atom. The number of nitrogens with zero attached hydrogens (tertiary/aromatic N) is 5. The molecule has 0 unspecified atom stereocenters. The Bertz CT molecular complexity index is 860. The lowest BCUT2D eigenvalue weighted by molar-refractivity contribution is -0.146. The summed E-state index contributed by atoms with van der Waals surface area (Å²) in [7, 11) is 0. The van der Waals surface area contributed by atoms with Crippen LogP contribution in [-0.4, -0.2) is 25.0 Å². The average Bonchev–Trinajstić information content (AvgIpc) is 3.12. The van der Waals surface area contributed by atoms with E-state index in [2.05, 4.69) is 20.3 Å². The van der Waals surface area contributed by atoms with Crippen LogP contribution in [0, 0.1) is 6.92 Å². The molecule has 11 heteroatoms. The molecule has 126 valence electrons. The van der Waals surface area contributed by atoms with E-state index in [-0.39, 0.29) is 16.8 Å². The Morgan fingerprint density at radius 1 is 1.25 bits per heavy atom. The maximum atomic E-state index is 12.6. The molecule has 0 aliphatic rings. The maximum Gasteiger partial charge on any atom is 0.453 e. The summed E-state index contributed by atoms with van der Waals surface area (Å²) < 4.78 is 43.3. The van der Waals surface area contributed by atoms with Gasteiger partial charge in [0, 0.05) is 5.56 Å². The summed E-state index contributed by atoms with van der Waals surface area (Å²) in [5, 5.41) is 10.2. The highest BCUT2D eigenvalue weighted by molar-refractivity contribution is 7.98. The van der Waals surface area contributed by atoms with Crippen LogP contribution in [0.1, 0.15) is 17.3 Å². The van der Waals surface area contributed by atoms with Gasteiger partial charge in [0.1, 0.15) is 0 Å². The molecule has 0 bridgehead atoms. The van der Waals surface area contributed by atoms with E-state index < -0.39 is 12.0 Å². The zero-order chi connectivity index (χ0) is 17.3. The molecular formula is C13H11F3N6OS. The topological polar surface area (TPSA) is 95.7 Å². The van der Waals surface area contributed by atoms with Crippen LogP contribution in [0.2, 0.25) is 0 Å². The molecule has 0 aliphatic carbocycles. The highest BCUT2D eigenvalue weighted by Gasteiger charge is 2.38. The summed E-state index contributed by atoms with van der Waals surface area (Å²) in [6.45, 7) is 1.91. The zero-order valence-corrected chi connectivity index (χ0v) is 13.1. The van der Waals surface area contributed by atoms with Crippen molar-refractivity contribution in [2.45, 2.75) is 24.0 Å². The number of thioether (sulfide) groups is 1. The lowest BCUT2D eigenvalue weighted by Crippen LogP contribution is -2.21. The van der Waals surface area contributed by atoms with Gasteiger partial charge in [-0.05, 0) is 12.5 Å². The summed E-state index contributed by atoms with van der Waals surface area (Å²) in [5.74, 6) is 4.86. The fourth-order valence-corrected chi connectivity index (χ4v) is 2.64. The van der Waals surface area contributed by atoms with Gasteiger partial charge in [-0.15, -0.1) is 10.2 Å². The third-order valence-electron chi connectivity index (χ3n) is 3.10. The molecule has 0 saturated carbocycles. The fraction of sp³-hybridized carbons (Fsp3) is 0.231. The van der Waals surface area contributed by atoms with Crippen molar-refractivity contribution in [2.75, 3.05) is 5.84 Å². The molecule has 0 fully saturated rings. The summed E-state index contributed by atoms with van der Waals surface area (Å²) in [6, 6.07) is 7.50. The third-order valence-corrected chi connectivity index (χ3v) is 4.02. The van der Waals surface area contributed by atoms with Crippen LogP contribution >= 0.6 is 11.8 Å². The zero-order valence-electron chi connectivity index (χ0n) is 12.3. The first-order valence-electron chi connectivity index (χ1n) is 6.65. The molecule has 1 aromatic carbocycles. The van der Waals surface area contributed by atoms with E-state index in [0.717, 1.165) is 22.9 Å². The molecule has 0 aliphatic heterocycles. The van der Waals surface area contributed by atoms with E-state index in [0.29, 0.717) is 10.5 Å². The van der Waals surface area contributed by atoms with Gasteiger partial charge in [0.05, 0.1) is 5.75 Å². The van der Waals surface area contributed by atoms with Gasteiger partial charge in [0.25, 0.3) is 5.82 Å². The normalized spacial score (nSPS) is 11.8. The number of nitrogens with two attached hydrogens (primary N) is 1. The predicted octanol–water partition coefficient (Wildman–Crippen LogP) is 2.66. The predicted molar refractivity (Wildman–Crippen MR) is 79.2 cm³/mol. The molecule has 7 nitrogen and oxygen atoms in total. The molecule has 0 radical (unpaired) electrons. The smallest absolute Gasteiger partial charge is 0.338 e. The van der Waals surface area contributed by atoms with E-state index in [1.54, 1.807) is 0 Å². The SMILES string of the molecule is Cc1ccccc1-c1noc(CSc2nnc(C(F)(F)F)n2N)n1. The molecule has 3 aromatic rings. The molecule has 24 heavy (non-hydrogen) atoms. The average molecular weight is 356 g/mol. The molecular weight excluding hydrogens is 345 g/mol. The van der Waals surface area contributed by atoms with Crippen LogP contribution in [0.3, 0.4) is 0 Å². The lowest BCUT2D eigenvalue weighted by Gasteiger charge is -2.05. The van der Waals surface area contributed by atoms with Crippen LogP contribution in [0.15, 0.2) is 33.9 Å². The van der Waals surface area contributed by atoms with Crippen molar-refractivity contribution in [1.82, 2.24) is 25.0 Å². The fourth-order valence-electron chi connectivity index (χ4n) is 1.94. The number of benzene rings is 1. The number of aryl methyl sites for hydroxylation is 1. The van der Waals surface area contributed by atoms with Gasteiger partial charge in [0.15, 0.2) is 0 Å². The van der Waals surface area contributed by atoms with E-state index in [4.69, 9.17) is 10.4 Å². The Labute approximate surface area is 138 Å². The standard InChI is InChI=1S/C13H11F3N6OS/c1-7-4-2-3-5-8(7)10-18-9(23-21-10)6-24-12-20-19-11(22(12)17)13(14,15)16/h2-5H,6,17H2,1H3. The highest BCUT2D eigenvalue weighted by atomic mass is 32.2. The van der Waals surface area contributed by atoms with Crippen LogP contribution in [-0.2, 0) is 11.9 Å². The van der Waals surface area contributed by atoms with Crippen LogP contribution in [0.5, 0.6) is 0 Å². The van der Waals surface area contributed by atoms with Crippen molar-refractivity contribution in [1.29, 1.82) is 0 Å². The highest BCUT2D eigenvalue weighted by Crippen LogP contribution is 2.30. The Kier molecular flexibility index (Phi) is 4.18. The quantitative estimate of drug-likeness (QED) is 0.567. The maximum absolute atomic E-state index is 12.6. The summed E-state index contributed by atoms with van der Waals surface area (Å²) in [5.41, 5.74) is 1.80. The Hall–Kier alpha value is -2.56. The second-order valence-electron chi connectivity index (χ2n) is 4.79. The summed E-state index contributed by atoms with van der Waals surface area (Å²) >= 11 is 0.918. The first-order chi connectivity index (χ1) is 11.4. The van der Waals surface area contributed by atoms with E-state index >= 15 is 0 Å². The van der Waals surface area contributed by atoms with Crippen molar-refractivity contribution in [3.8, 4) is 11.4 Å². The minimum absolute atomic E-state index is 0.0991. The number of halogens is 3. The Morgan fingerprint density at radius 3 is 2.67 bits per heavy atom. The largest absolute Gasteiger partial charge is 0.453 e. The number of hydrogen-bond acceptors (Lipinski definition) is 7. The summed E-state index contributed by atoms with van der Waals surface area (Å²) in [6.07, 6.45) is -4.66. The van der Waals surface area contributed by atoms with Crippen molar-refractivity contribution < 1.29 is 17.7 Å². The van der Waals surface area contributed by atoms with Gasteiger partial charge in [-0.3, -0.25) is 0 Å². The van der Waals surface area contributed by atoms with Gasteiger partial charge in [-0.2, -0.15) is 18.2 Å². The van der Waals surface area contributed by atoms with E-state index in [1.165, 1.54) is 0 Å². The first kappa shape index (κ1) is 16.3. The number of rotatable bonds is 4. The van der Waals surface area contributed by atoms with Gasteiger partial charge in [0.2, 0.25) is 16.9 Å².